The van der Waals surface area contributed by atoms with Crippen LogP contribution in [0.3, 0.4) is 0 Å². The molecule has 2 aromatic carbocycles. The van der Waals surface area contributed by atoms with E-state index in [1.54, 1.807) is 6.20 Å². The SMILES string of the molecule is O=C(O)C(O)C(CCCc1ccc(-c2ccccc2)cc1)C(=O)N[C@H](CO)Cc1cnc[nH]1. The van der Waals surface area contributed by atoms with Gasteiger partial charge < -0.3 is 25.6 Å². The normalized spacial score (nSPS) is 13.8. The number of imidazole rings is 1. The Morgan fingerprint density at radius 1 is 1.03 bits per heavy atom. The van der Waals surface area contributed by atoms with Crippen LogP contribution in [0.15, 0.2) is 67.1 Å². The molecule has 0 fully saturated rings. The molecule has 0 aliphatic rings. The van der Waals surface area contributed by atoms with E-state index in [0.717, 1.165) is 22.4 Å². The van der Waals surface area contributed by atoms with E-state index in [1.807, 2.05) is 54.6 Å². The van der Waals surface area contributed by atoms with Gasteiger partial charge in [-0.25, -0.2) is 9.78 Å². The summed E-state index contributed by atoms with van der Waals surface area (Å²) in [6, 6.07) is 17.5. The summed E-state index contributed by atoms with van der Waals surface area (Å²) < 4.78 is 0. The summed E-state index contributed by atoms with van der Waals surface area (Å²) >= 11 is 0. The summed E-state index contributed by atoms with van der Waals surface area (Å²) in [4.78, 5) is 30.9. The molecule has 0 spiro atoms. The van der Waals surface area contributed by atoms with Crippen molar-refractivity contribution in [3.8, 4) is 11.1 Å². The molecule has 8 nitrogen and oxygen atoms in total. The average Bonchev–Trinajstić information content (AvgIpc) is 3.35. The Balaban J connectivity index is 1.58. The molecule has 0 saturated heterocycles. The van der Waals surface area contributed by atoms with E-state index in [4.69, 9.17) is 0 Å². The number of aryl methyl sites for hydroxylation is 1. The lowest BCUT2D eigenvalue weighted by Gasteiger charge is -2.23. The molecule has 2 unspecified atom stereocenters. The number of H-pyrrole nitrogens is 1. The lowest BCUT2D eigenvalue weighted by molar-refractivity contribution is -0.154. The molecule has 33 heavy (non-hydrogen) atoms. The summed E-state index contributed by atoms with van der Waals surface area (Å²) in [6.45, 7) is -0.325. The third kappa shape index (κ3) is 7.00. The molecule has 174 valence electrons. The van der Waals surface area contributed by atoms with Gasteiger partial charge >= 0.3 is 5.97 Å². The number of nitrogens with one attached hydrogen (secondary N) is 2. The lowest BCUT2D eigenvalue weighted by Crippen LogP contribution is -2.47. The van der Waals surface area contributed by atoms with Gasteiger partial charge in [-0.15, -0.1) is 0 Å². The van der Waals surface area contributed by atoms with E-state index in [1.165, 1.54) is 6.33 Å². The first-order valence-electron chi connectivity index (χ1n) is 10.9. The molecule has 0 radical (unpaired) electrons. The van der Waals surface area contributed by atoms with Crippen molar-refractivity contribution in [2.75, 3.05) is 6.61 Å². The molecule has 5 N–H and O–H groups in total. The van der Waals surface area contributed by atoms with Crippen molar-refractivity contribution in [3.63, 3.8) is 0 Å². The predicted molar refractivity (Wildman–Crippen MR) is 123 cm³/mol. The highest BCUT2D eigenvalue weighted by Crippen LogP contribution is 2.21. The second-order valence-electron chi connectivity index (χ2n) is 8.01. The summed E-state index contributed by atoms with van der Waals surface area (Å²) in [5, 5.41) is 31.6. The maximum absolute atomic E-state index is 12.8. The Kier molecular flexibility index (Phi) is 8.74. The first-order chi connectivity index (χ1) is 16.0. The second kappa shape index (κ2) is 11.9. The lowest BCUT2D eigenvalue weighted by atomic mass is 9.92. The molecule has 3 aromatic rings. The van der Waals surface area contributed by atoms with Crippen LogP contribution in [0.4, 0.5) is 0 Å². The fourth-order valence-corrected chi connectivity index (χ4v) is 3.76. The minimum atomic E-state index is -1.82. The monoisotopic (exact) mass is 451 g/mol. The fourth-order valence-electron chi connectivity index (χ4n) is 3.76. The van der Waals surface area contributed by atoms with Crippen molar-refractivity contribution in [2.45, 2.75) is 37.8 Å². The Morgan fingerprint density at radius 2 is 1.73 bits per heavy atom. The largest absolute Gasteiger partial charge is 0.479 e. The number of carboxylic acids is 1. The number of amides is 1. The number of aromatic nitrogens is 2. The topological polar surface area (TPSA) is 136 Å². The van der Waals surface area contributed by atoms with Gasteiger partial charge in [0.15, 0.2) is 6.10 Å². The van der Waals surface area contributed by atoms with Crippen LogP contribution in [-0.4, -0.2) is 55.9 Å². The van der Waals surface area contributed by atoms with E-state index in [9.17, 15) is 24.9 Å². The molecular formula is C25H29N3O5. The third-order valence-electron chi connectivity index (χ3n) is 5.60. The number of nitrogens with zero attached hydrogens (tertiary/aromatic N) is 1. The highest BCUT2D eigenvalue weighted by atomic mass is 16.4. The van der Waals surface area contributed by atoms with E-state index in [-0.39, 0.29) is 13.0 Å². The average molecular weight is 452 g/mol. The van der Waals surface area contributed by atoms with Gasteiger partial charge in [-0.2, -0.15) is 0 Å². The predicted octanol–water partition coefficient (Wildman–Crippen LogP) is 2.18. The third-order valence-corrected chi connectivity index (χ3v) is 5.60. The molecule has 0 aliphatic carbocycles. The van der Waals surface area contributed by atoms with Gasteiger partial charge in [0, 0.05) is 18.3 Å². The van der Waals surface area contributed by atoms with Gasteiger partial charge in [-0.1, -0.05) is 54.6 Å². The van der Waals surface area contributed by atoms with Crippen molar-refractivity contribution < 1.29 is 24.9 Å². The van der Waals surface area contributed by atoms with Crippen molar-refractivity contribution in [1.29, 1.82) is 0 Å². The molecular weight excluding hydrogens is 422 g/mol. The van der Waals surface area contributed by atoms with Crippen LogP contribution in [0.25, 0.3) is 11.1 Å². The maximum Gasteiger partial charge on any atom is 0.333 e. The van der Waals surface area contributed by atoms with Crippen LogP contribution in [0.2, 0.25) is 0 Å². The van der Waals surface area contributed by atoms with Crippen molar-refractivity contribution in [1.82, 2.24) is 15.3 Å². The molecule has 0 bridgehead atoms. The van der Waals surface area contributed by atoms with Gasteiger partial charge in [0.25, 0.3) is 0 Å². The molecule has 1 aromatic heterocycles. The van der Waals surface area contributed by atoms with Crippen molar-refractivity contribution in [3.05, 3.63) is 78.4 Å². The number of aromatic amines is 1. The standard InChI is InChI=1S/C25H29N3O5/c29-15-21(13-20-14-26-16-27-20)28-24(31)22(23(30)25(32)33)8-4-5-17-9-11-19(12-10-17)18-6-2-1-3-7-18/h1-3,6-7,9-12,14,16,21-23,29-30H,4-5,8,13,15H2,(H,26,27)(H,28,31)(H,32,33)/t21-,22?,23?/m0/s1. The number of benzene rings is 2. The zero-order chi connectivity index (χ0) is 23.6. The summed E-state index contributed by atoms with van der Waals surface area (Å²) in [5.41, 5.74) is 4.01. The quantitative estimate of drug-likeness (QED) is 0.286. The summed E-state index contributed by atoms with van der Waals surface area (Å²) in [6.07, 6.45) is 2.93. The Labute approximate surface area is 192 Å². The molecule has 3 atom stereocenters. The van der Waals surface area contributed by atoms with E-state index >= 15 is 0 Å². The Bertz CT molecular complexity index is 1010. The summed E-state index contributed by atoms with van der Waals surface area (Å²) in [5.74, 6) is -3.17. The van der Waals surface area contributed by atoms with Crippen LogP contribution in [0.1, 0.15) is 24.1 Å². The first kappa shape index (κ1) is 24.2. The second-order valence-corrected chi connectivity index (χ2v) is 8.01. The number of carbonyl (C=O) groups excluding carboxylic acids is 1. The molecule has 8 heteroatoms. The maximum atomic E-state index is 12.8. The molecule has 3 rings (SSSR count). The van der Waals surface area contributed by atoms with Crippen LogP contribution >= 0.6 is 0 Å². The number of aliphatic hydroxyl groups is 2. The number of rotatable bonds is 12. The van der Waals surface area contributed by atoms with Crippen LogP contribution in [-0.2, 0) is 22.4 Å². The van der Waals surface area contributed by atoms with E-state index < -0.39 is 29.9 Å². The number of aliphatic carboxylic acids is 1. The fraction of sp³-hybridized carbons (Fsp3) is 0.320. The number of carbonyl (C=O) groups is 2. The van der Waals surface area contributed by atoms with Crippen LogP contribution in [0.5, 0.6) is 0 Å². The number of aliphatic hydroxyl groups excluding tert-OH is 2. The number of carboxylic acid groups (broad SMARTS) is 1. The zero-order valence-corrected chi connectivity index (χ0v) is 18.2. The van der Waals surface area contributed by atoms with Gasteiger partial charge in [-0.3, -0.25) is 4.79 Å². The molecule has 0 aliphatic heterocycles. The van der Waals surface area contributed by atoms with Gasteiger partial charge in [0.05, 0.1) is 24.9 Å². The minimum Gasteiger partial charge on any atom is -0.479 e. The first-order valence-corrected chi connectivity index (χ1v) is 10.9. The van der Waals surface area contributed by atoms with Gasteiger partial charge in [0.2, 0.25) is 5.91 Å². The van der Waals surface area contributed by atoms with E-state index in [2.05, 4.69) is 15.3 Å². The minimum absolute atomic E-state index is 0.196. The van der Waals surface area contributed by atoms with Gasteiger partial charge in [0.1, 0.15) is 0 Å². The molecule has 1 heterocycles. The van der Waals surface area contributed by atoms with Crippen LogP contribution in [0, 0.1) is 5.92 Å². The highest BCUT2D eigenvalue weighted by Gasteiger charge is 2.32. The van der Waals surface area contributed by atoms with Gasteiger partial charge in [-0.05, 0) is 36.0 Å². The zero-order valence-electron chi connectivity index (χ0n) is 18.2. The molecule has 1 amide bonds. The van der Waals surface area contributed by atoms with Crippen molar-refractivity contribution in [2.24, 2.45) is 5.92 Å². The van der Waals surface area contributed by atoms with E-state index in [0.29, 0.717) is 19.3 Å². The number of hydrogen-bond donors (Lipinski definition) is 5. The smallest absolute Gasteiger partial charge is 0.333 e. The van der Waals surface area contributed by atoms with Crippen LogP contribution < -0.4 is 5.32 Å². The Hall–Kier alpha value is -3.49. The van der Waals surface area contributed by atoms with Crippen molar-refractivity contribution >= 4 is 11.9 Å². The Morgan fingerprint density at radius 3 is 2.33 bits per heavy atom. The summed E-state index contributed by atoms with van der Waals surface area (Å²) in [7, 11) is 0. The highest BCUT2D eigenvalue weighted by molar-refractivity contribution is 5.86. The molecule has 0 saturated carbocycles. The number of hydrogen-bond acceptors (Lipinski definition) is 5.